The molecule has 0 radical (unpaired) electrons. The number of esters is 1. The van der Waals surface area contributed by atoms with Crippen LogP contribution in [0, 0.1) is 17.3 Å². The number of aliphatic hydroxyl groups excluding tert-OH is 5. The number of hydrogen-bond donors (Lipinski definition) is 12. The van der Waals surface area contributed by atoms with Gasteiger partial charge in [0.2, 0.25) is 11.8 Å². The zero-order chi connectivity index (χ0) is 59.6. The van der Waals surface area contributed by atoms with Gasteiger partial charge in [0.1, 0.15) is 42.4 Å². The Balaban J connectivity index is 1.03. The Kier molecular flexibility index (Phi) is 27.4. The molecular weight excluding hydrogens is 1140 g/mol. The number of thioether (sulfide) groups is 1. The Labute approximate surface area is 466 Å². The summed E-state index contributed by atoms with van der Waals surface area (Å²) in [6.07, 6.45) is -0.546. The summed E-state index contributed by atoms with van der Waals surface area (Å²) >= 11 is 1.06. The molecular formula is C46H76N7O23P3S. The maximum atomic E-state index is 12.8. The zero-order valence-electron chi connectivity index (χ0n) is 44.9. The van der Waals surface area contributed by atoms with Gasteiger partial charge in [0.05, 0.1) is 51.1 Å². The average Bonchev–Trinajstić information content (AvgIpc) is 3.93. The summed E-state index contributed by atoms with van der Waals surface area (Å²) in [4.78, 5) is 101. The Morgan fingerprint density at radius 2 is 1.60 bits per heavy atom. The van der Waals surface area contributed by atoms with E-state index in [0.717, 1.165) is 48.2 Å². The molecule has 2 unspecified atom stereocenters. The predicted molar refractivity (Wildman–Crippen MR) is 284 cm³/mol. The molecule has 0 spiro atoms. The van der Waals surface area contributed by atoms with Gasteiger partial charge >= 0.3 is 29.4 Å². The molecule has 0 aliphatic carbocycles. The highest BCUT2D eigenvalue weighted by Crippen LogP contribution is 2.61. The number of aliphatic hydroxyl groups is 5. The first-order valence-electron chi connectivity index (χ1n) is 25.6. The quantitative estimate of drug-likeness (QED) is 0.0156. The van der Waals surface area contributed by atoms with Crippen LogP contribution in [-0.4, -0.2) is 182 Å². The number of unbranched alkanes of at least 4 members (excludes halogenated alkanes) is 4. The van der Waals surface area contributed by atoms with Crippen LogP contribution in [0.3, 0.4) is 0 Å². The minimum absolute atomic E-state index is 0.0181. The monoisotopic (exact) mass is 1220 g/mol. The topological polar surface area (TPSA) is 460 Å². The number of carbonyl (C=O) groups is 4. The lowest BCUT2D eigenvalue weighted by Gasteiger charge is -2.37. The highest BCUT2D eigenvalue weighted by atomic mass is 32.2. The van der Waals surface area contributed by atoms with Gasteiger partial charge in [-0.3, -0.25) is 32.5 Å². The summed E-state index contributed by atoms with van der Waals surface area (Å²) in [5, 5.41) is 57.5. The van der Waals surface area contributed by atoms with E-state index in [1.807, 2.05) is 19.1 Å². The third-order valence-electron chi connectivity index (χ3n) is 12.8. The number of fused-ring (bicyclic) bond motifs is 1. The van der Waals surface area contributed by atoms with Crippen LogP contribution in [0.25, 0.3) is 11.2 Å². The van der Waals surface area contributed by atoms with Gasteiger partial charge in [-0.25, -0.2) is 33.4 Å². The van der Waals surface area contributed by atoms with E-state index in [9.17, 15) is 78.0 Å². The zero-order valence-corrected chi connectivity index (χ0v) is 48.4. The van der Waals surface area contributed by atoms with E-state index in [0.29, 0.717) is 37.0 Å². The Morgan fingerprint density at radius 3 is 2.30 bits per heavy atom. The predicted octanol–water partition coefficient (Wildman–Crippen LogP) is 1.58. The summed E-state index contributed by atoms with van der Waals surface area (Å²) in [5.74, 6) is -2.08. The molecule has 0 aromatic carbocycles. The van der Waals surface area contributed by atoms with Crippen molar-refractivity contribution in [1.82, 2.24) is 30.2 Å². The maximum absolute atomic E-state index is 12.8. The molecule has 80 heavy (non-hydrogen) atoms. The summed E-state index contributed by atoms with van der Waals surface area (Å²) in [6.45, 7) is 6.10. The molecule has 2 amide bonds. The third-order valence-corrected chi connectivity index (χ3v) is 16.8. The van der Waals surface area contributed by atoms with Crippen LogP contribution in [0.15, 0.2) is 36.5 Å². The van der Waals surface area contributed by atoms with Gasteiger partial charge in [-0.2, -0.15) is 4.31 Å². The van der Waals surface area contributed by atoms with Crippen LogP contribution < -0.4 is 16.4 Å². The normalized spacial score (nSPS) is 24.7. The smallest absolute Gasteiger partial charge is 0.463 e. The van der Waals surface area contributed by atoms with Gasteiger partial charge in [-0.1, -0.05) is 69.5 Å². The standard InChI is InChI=1S/C46H76N7O23P3S/c1-27(20-31-38(59)37(58)30(22-71-31)13-11-12-28(2)29(3)54)21-34(56)70-18-10-8-6-7-9-14-35(57)80-19-17-48-33(55)15-16-49-44(62)41(61)46(4,5)24-73-79(68,69)76-78(66,67)72-23-32-40(75-77(63,64)65)39(60)45(74-32)53-26-52-36-42(47)50-25-51-43(36)53/h11-12,21,25-26,28-32,37-41,45,54,58-61H,6-10,13-20,22-24H2,1-5H3,(H,48,55)(H,49,62)(H,66,67)(H,68,69)(H2,47,50,51)(H2,63,64,65)/b12-11+,27-21+/t28-,29+,30+,31+,32-,37-,38+,39-,40-,41+,45-/m1/s1. The van der Waals surface area contributed by atoms with Crippen LogP contribution in [0.4, 0.5) is 5.82 Å². The van der Waals surface area contributed by atoms with Crippen LogP contribution in [0.1, 0.15) is 98.6 Å². The Hall–Kier alpha value is -3.65. The van der Waals surface area contributed by atoms with E-state index >= 15 is 0 Å². The molecule has 4 rings (SSSR count). The van der Waals surface area contributed by atoms with Gasteiger partial charge in [0, 0.05) is 49.1 Å². The molecule has 454 valence electrons. The molecule has 34 heteroatoms. The van der Waals surface area contributed by atoms with Crippen molar-refractivity contribution in [2.24, 2.45) is 17.3 Å². The number of carbonyl (C=O) groups excluding carboxylic acids is 4. The van der Waals surface area contributed by atoms with Crippen molar-refractivity contribution < 1.29 is 110 Å². The Morgan fingerprint density at radius 1 is 0.912 bits per heavy atom. The highest BCUT2D eigenvalue weighted by molar-refractivity contribution is 8.13. The number of ether oxygens (including phenoxy) is 3. The number of imidazole rings is 1. The Bertz CT molecular complexity index is 2570. The summed E-state index contributed by atoms with van der Waals surface area (Å²) < 4.78 is 73.6. The lowest BCUT2D eigenvalue weighted by Crippen LogP contribution is -2.50. The van der Waals surface area contributed by atoms with Crippen LogP contribution in [-0.2, 0) is 65.0 Å². The number of amides is 2. The number of nitrogen functional groups attached to an aromatic ring is 1. The SMILES string of the molecule is C/C(=C\C(=O)OCCCCCCCC(=O)SCCNC(=O)CCNC(=O)[C@H](O)C(C)(C)COP(=O)(O)OP(=O)(O)OC[C@H]1O[C@@H](n2cnc3c(N)ncnc32)[C@H](O)[C@@H]1OP(=O)(O)O)C[C@@H]1OC[C@H](C/C=C/[C@@H](C)[C@H](C)O)[C@@H](O)[C@H]1O. The molecule has 2 fully saturated rings. The number of phosphoric ester groups is 3. The van der Waals surface area contributed by atoms with Crippen LogP contribution >= 0.6 is 35.2 Å². The number of phosphoric acid groups is 3. The lowest BCUT2D eigenvalue weighted by atomic mass is 9.87. The fourth-order valence-electron chi connectivity index (χ4n) is 8.02. The van der Waals surface area contributed by atoms with Crippen molar-refractivity contribution in [1.29, 1.82) is 0 Å². The molecule has 2 aromatic rings. The van der Waals surface area contributed by atoms with Crippen LogP contribution in [0.2, 0.25) is 0 Å². The van der Waals surface area contributed by atoms with Crippen LogP contribution in [0.5, 0.6) is 0 Å². The summed E-state index contributed by atoms with van der Waals surface area (Å²) in [7, 11) is -16.5. The van der Waals surface area contributed by atoms with Crippen molar-refractivity contribution >= 4 is 75.1 Å². The second kappa shape index (κ2) is 31.9. The number of hydrogen-bond acceptors (Lipinski definition) is 24. The van der Waals surface area contributed by atoms with Gasteiger partial charge in [-0.15, -0.1) is 0 Å². The number of nitrogens with zero attached hydrogens (tertiary/aromatic N) is 4. The molecule has 2 saturated heterocycles. The van der Waals surface area contributed by atoms with Crippen molar-refractivity contribution in [3.63, 3.8) is 0 Å². The fraction of sp³-hybridized carbons (Fsp3) is 0.717. The van der Waals surface area contributed by atoms with Gasteiger partial charge < -0.3 is 75.7 Å². The van der Waals surface area contributed by atoms with Crippen molar-refractivity contribution in [2.45, 2.75) is 147 Å². The third kappa shape index (κ3) is 22.8. The largest absolute Gasteiger partial charge is 0.481 e. The molecule has 2 aliphatic heterocycles. The minimum Gasteiger partial charge on any atom is -0.463 e. The second-order valence-corrected chi connectivity index (χ2v) is 25.4. The second-order valence-electron chi connectivity index (χ2n) is 20.0. The number of nitrogens with one attached hydrogen (secondary N) is 2. The van der Waals surface area contributed by atoms with E-state index in [4.69, 9.17) is 29.0 Å². The molecule has 30 nitrogen and oxygen atoms in total. The van der Waals surface area contributed by atoms with Crippen molar-refractivity contribution in [3.05, 3.63) is 36.5 Å². The first-order chi connectivity index (χ1) is 37.4. The summed E-state index contributed by atoms with van der Waals surface area (Å²) in [6, 6.07) is 0. The molecule has 0 saturated carbocycles. The minimum atomic E-state index is -5.61. The first-order valence-corrected chi connectivity index (χ1v) is 31.1. The molecule has 4 heterocycles. The molecule has 0 bridgehead atoms. The van der Waals surface area contributed by atoms with E-state index in [2.05, 4.69) is 34.4 Å². The number of allylic oxidation sites excluding steroid dienone is 1. The van der Waals surface area contributed by atoms with E-state index < -0.39 is 115 Å². The van der Waals surface area contributed by atoms with Gasteiger partial charge in [-0.05, 0) is 45.4 Å². The number of nitrogens with two attached hydrogens (primary N) is 1. The highest BCUT2D eigenvalue weighted by Gasteiger charge is 2.50. The van der Waals surface area contributed by atoms with Gasteiger partial charge in [0.15, 0.2) is 22.8 Å². The van der Waals surface area contributed by atoms with Crippen molar-refractivity contribution in [2.75, 3.05) is 51.0 Å². The molecule has 2 aromatic heterocycles. The van der Waals surface area contributed by atoms with E-state index in [1.165, 1.54) is 19.9 Å². The number of anilines is 1. The average molecular weight is 1220 g/mol. The summed E-state index contributed by atoms with van der Waals surface area (Å²) in [5.41, 5.74) is 4.86. The maximum Gasteiger partial charge on any atom is 0.481 e. The van der Waals surface area contributed by atoms with Crippen molar-refractivity contribution in [3.8, 4) is 0 Å². The van der Waals surface area contributed by atoms with E-state index in [1.54, 1.807) is 13.8 Å². The lowest BCUT2D eigenvalue weighted by molar-refractivity contribution is -0.162. The molecule has 13 atom stereocenters. The fourth-order valence-corrected chi connectivity index (χ4v) is 11.6. The van der Waals surface area contributed by atoms with E-state index in [-0.39, 0.29) is 73.1 Å². The number of aromatic nitrogens is 4. The molecule has 13 N–H and O–H groups in total. The first kappa shape index (κ1) is 68.8. The number of rotatable bonds is 34. The molecule has 2 aliphatic rings. The van der Waals surface area contributed by atoms with Gasteiger partial charge in [0.25, 0.3) is 0 Å².